The fourth-order valence-electron chi connectivity index (χ4n) is 2.13. The van der Waals surface area contributed by atoms with Crippen LogP contribution in [0.2, 0.25) is 0 Å². The predicted molar refractivity (Wildman–Crippen MR) is 94.7 cm³/mol. The van der Waals surface area contributed by atoms with Crippen molar-refractivity contribution < 1.29 is 14.5 Å². The minimum Gasteiger partial charge on any atom is -0.352 e. The Labute approximate surface area is 145 Å². The summed E-state index contributed by atoms with van der Waals surface area (Å²) in [5, 5.41) is 16.4. The van der Waals surface area contributed by atoms with Gasteiger partial charge in [0.05, 0.1) is 4.92 Å². The Bertz CT molecular complexity index is 785. The second-order valence-corrected chi connectivity index (χ2v) is 5.91. The summed E-state index contributed by atoms with van der Waals surface area (Å²) in [7, 11) is 0. The second kappa shape index (κ2) is 8.05. The Hall–Kier alpha value is -3.22. The summed E-state index contributed by atoms with van der Waals surface area (Å²) in [4.78, 5) is 34.6. The first-order valence-corrected chi connectivity index (χ1v) is 7.81. The van der Waals surface area contributed by atoms with Crippen molar-refractivity contribution in [1.82, 2.24) is 5.32 Å². The van der Waals surface area contributed by atoms with Crippen LogP contribution in [0.5, 0.6) is 0 Å². The molecule has 7 nitrogen and oxygen atoms in total. The Balaban J connectivity index is 2.08. The molecule has 0 aliphatic carbocycles. The van der Waals surface area contributed by atoms with Crippen LogP contribution in [0.4, 0.5) is 11.4 Å². The van der Waals surface area contributed by atoms with Gasteiger partial charge in [-0.15, -0.1) is 0 Å². The zero-order chi connectivity index (χ0) is 18.4. The van der Waals surface area contributed by atoms with Gasteiger partial charge >= 0.3 is 0 Å². The zero-order valence-corrected chi connectivity index (χ0v) is 14.0. The van der Waals surface area contributed by atoms with Crippen molar-refractivity contribution in [3.05, 3.63) is 69.8 Å². The highest BCUT2D eigenvalue weighted by Gasteiger charge is 2.19. The Kier molecular flexibility index (Phi) is 5.84. The molecule has 130 valence electrons. The van der Waals surface area contributed by atoms with Crippen LogP contribution in [0, 0.1) is 16.0 Å². The number of benzene rings is 2. The Morgan fingerprint density at radius 3 is 2.28 bits per heavy atom. The van der Waals surface area contributed by atoms with Crippen molar-refractivity contribution >= 4 is 23.2 Å². The van der Waals surface area contributed by atoms with Gasteiger partial charge in [-0.05, 0) is 36.2 Å². The average molecular weight is 341 g/mol. The SMILES string of the molecule is CC(C)CNC(=O)c1ccc(NC(=O)c2ccccc2[N+](=O)[O-])cc1. The van der Waals surface area contributed by atoms with Gasteiger partial charge in [0.15, 0.2) is 0 Å². The number of hydrogen-bond acceptors (Lipinski definition) is 4. The molecular weight excluding hydrogens is 322 g/mol. The van der Waals surface area contributed by atoms with E-state index in [1.807, 2.05) is 13.8 Å². The van der Waals surface area contributed by atoms with E-state index in [1.54, 1.807) is 30.3 Å². The summed E-state index contributed by atoms with van der Waals surface area (Å²) in [6.07, 6.45) is 0. The largest absolute Gasteiger partial charge is 0.352 e. The number of rotatable bonds is 6. The number of para-hydroxylation sites is 1. The van der Waals surface area contributed by atoms with E-state index in [0.29, 0.717) is 23.7 Å². The number of nitro benzene ring substituents is 1. The van der Waals surface area contributed by atoms with Crippen molar-refractivity contribution in [2.75, 3.05) is 11.9 Å². The van der Waals surface area contributed by atoms with Gasteiger partial charge in [0.2, 0.25) is 0 Å². The summed E-state index contributed by atoms with van der Waals surface area (Å²) in [6, 6.07) is 12.1. The normalized spacial score (nSPS) is 10.4. The molecule has 0 heterocycles. The summed E-state index contributed by atoms with van der Waals surface area (Å²) >= 11 is 0. The topological polar surface area (TPSA) is 101 Å². The molecule has 2 aromatic carbocycles. The molecule has 25 heavy (non-hydrogen) atoms. The van der Waals surface area contributed by atoms with Gasteiger partial charge in [-0.25, -0.2) is 0 Å². The van der Waals surface area contributed by atoms with Crippen molar-refractivity contribution in [1.29, 1.82) is 0 Å². The van der Waals surface area contributed by atoms with E-state index >= 15 is 0 Å². The lowest BCUT2D eigenvalue weighted by Crippen LogP contribution is -2.27. The van der Waals surface area contributed by atoms with Gasteiger partial charge in [-0.1, -0.05) is 26.0 Å². The Morgan fingerprint density at radius 2 is 1.68 bits per heavy atom. The van der Waals surface area contributed by atoms with E-state index in [0.717, 1.165) is 0 Å². The van der Waals surface area contributed by atoms with Crippen LogP contribution in [0.15, 0.2) is 48.5 Å². The summed E-state index contributed by atoms with van der Waals surface area (Å²) in [6.45, 7) is 4.58. The molecule has 0 fully saturated rings. The van der Waals surface area contributed by atoms with Crippen LogP contribution in [0.25, 0.3) is 0 Å². The van der Waals surface area contributed by atoms with E-state index in [-0.39, 0.29) is 17.2 Å². The van der Waals surface area contributed by atoms with Gasteiger partial charge in [0.1, 0.15) is 5.56 Å². The van der Waals surface area contributed by atoms with Crippen LogP contribution in [-0.2, 0) is 0 Å². The number of amides is 2. The molecule has 0 aromatic heterocycles. The number of carbonyl (C=O) groups excluding carboxylic acids is 2. The fraction of sp³-hybridized carbons (Fsp3) is 0.222. The van der Waals surface area contributed by atoms with Gasteiger partial charge in [-0.2, -0.15) is 0 Å². The Morgan fingerprint density at radius 1 is 1.04 bits per heavy atom. The smallest absolute Gasteiger partial charge is 0.282 e. The molecule has 0 aliphatic rings. The molecule has 0 unspecified atom stereocenters. The zero-order valence-electron chi connectivity index (χ0n) is 14.0. The monoisotopic (exact) mass is 341 g/mol. The highest BCUT2D eigenvalue weighted by molar-refractivity contribution is 6.07. The molecule has 0 radical (unpaired) electrons. The molecule has 0 saturated carbocycles. The molecule has 7 heteroatoms. The molecule has 0 saturated heterocycles. The maximum Gasteiger partial charge on any atom is 0.282 e. The number of nitrogens with one attached hydrogen (secondary N) is 2. The van der Waals surface area contributed by atoms with Gasteiger partial charge in [0.25, 0.3) is 17.5 Å². The third kappa shape index (κ3) is 4.87. The third-order valence-electron chi connectivity index (χ3n) is 3.42. The molecule has 2 rings (SSSR count). The van der Waals surface area contributed by atoms with Crippen LogP contribution >= 0.6 is 0 Å². The first kappa shape index (κ1) is 18.1. The van der Waals surface area contributed by atoms with Crippen LogP contribution in [-0.4, -0.2) is 23.3 Å². The number of nitro groups is 1. The van der Waals surface area contributed by atoms with Crippen LogP contribution < -0.4 is 10.6 Å². The van der Waals surface area contributed by atoms with Crippen molar-refractivity contribution in [3.8, 4) is 0 Å². The van der Waals surface area contributed by atoms with Crippen LogP contribution in [0.1, 0.15) is 34.6 Å². The number of anilines is 1. The maximum atomic E-state index is 12.2. The molecule has 2 amide bonds. The van der Waals surface area contributed by atoms with E-state index in [2.05, 4.69) is 10.6 Å². The minimum absolute atomic E-state index is 0.0220. The third-order valence-corrected chi connectivity index (χ3v) is 3.42. The standard InChI is InChI=1S/C18H19N3O4/c1-12(2)11-19-17(22)13-7-9-14(10-8-13)20-18(23)15-5-3-4-6-16(15)21(24)25/h3-10,12H,11H2,1-2H3,(H,19,22)(H,20,23). The fourth-order valence-corrected chi connectivity index (χ4v) is 2.13. The second-order valence-electron chi connectivity index (χ2n) is 5.91. The number of hydrogen-bond donors (Lipinski definition) is 2. The lowest BCUT2D eigenvalue weighted by atomic mass is 10.1. The molecule has 0 bridgehead atoms. The van der Waals surface area contributed by atoms with Gasteiger partial charge in [-0.3, -0.25) is 19.7 Å². The molecule has 0 aliphatic heterocycles. The molecule has 0 spiro atoms. The lowest BCUT2D eigenvalue weighted by molar-refractivity contribution is -0.385. The van der Waals surface area contributed by atoms with E-state index in [4.69, 9.17) is 0 Å². The summed E-state index contributed by atoms with van der Waals surface area (Å²) in [5.74, 6) is -0.418. The quantitative estimate of drug-likeness (QED) is 0.622. The minimum atomic E-state index is -0.600. The number of nitrogens with zero attached hydrogens (tertiary/aromatic N) is 1. The average Bonchev–Trinajstić information content (AvgIpc) is 2.60. The molecule has 2 aromatic rings. The number of carbonyl (C=O) groups is 2. The molecule has 0 atom stereocenters. The first-order valence-electron chi connectivity index (χ1n) is 7.81. The van der Waals surface area contributed by atoms with Crippen molar-refractivity contribution in [2.45, 2.75) is 13.8 Å². The highest BCUT2D eigenvalue weighted by Crippen LogP contribution is 2.19. The van der Waals surface area contributed by atoms with Gasteiger partial charge < -0.3 is 10.6 Å². The van der Waals surface area contributed by atoms with Crippen molar-refractivity contribution in [3.63, 3.8) is 0 Å². The van der Waals surface area contributed by atoms with Crippen LogP contribution in [0.3, 0.4) is 0 Å². The van der Waals surface area contributed by atoms with Gasteiger partial charge in [0, 0.05) is 23.9 Å². The van der Waals surface area contributed by atoms with E-state index < -0.39 is 10.8 Å². The predicted octanol–water partition coefficient (Wildman–Crippen LogP) is 3.23. The molecular formula is C18H19N3O4. The lowest BCUT2D eigenvalue weighted by Gasteiger charge is -2.09. The van der Waals surface area contributed by atoms with E-state index in [1.165, 1.54) is 18.2 Å². The first-order chi connectivity index (χ1) is 11.9. The summed E-state index contributed by atoms with van der Waals surface area (Å²) < 4.78 is 0. The van der Waals surface area contributed by atoms with Crippen molar-refractivity contribution in [2.24, 2.45) is 5.92 Å². The van der Waals surface area contributed by atoms with E-state index in [9.17, 15) is 19.7 Å². The highest BCUT2D eigenvalue weighted by atomic mass is 16.6. The maximum absolute atomic E-state index is 12.2. The molecule has 2 N–H and O–H groups in total. The summed E-state index contributed by atoms with van der Waals surface area (Å²) in [5.41, 5.74) is 0.642.